The molecule has 0 aromatic heterocycles. The molecule has 0 heterocycles. The van der Waals surface area contributed by atoms with E-state index in [0.29, 0.717) is 16.1 Å². The second-order valence-corrected chi connectivity index (χ2v) is 4.99. The molecule has 0 aliphatic carbocycles. The summed E-state index contributed by atoms with van der Waals surface area (Å²) >= 11 is 0. The number of nitrogens with zero attached hydrogens (tertiary/aromatic N) is 1. The van der Waals surface area contributed by atoms with Crippen LogP contribution in [-0.2, 0) is 4.79 Å². The Labute approximate surface area is 144 Å². The zero-order valence-electron chi connectivity index (χ0n) is 13.8. The number of hydrazine groups is 1. The van der Waals surface area contributed by atoms with Crippen LogP contribution in [0.15, 0.2) is 48.5 Å². The molecular weight excluding hydrogens is 324 g/mol. The number of ether oxygens (including phenoxy) is 2. The van der Waals surface area contributed by atoms with Crippen molar-refractivity contribution in [3.63, 3.8) is 0 Å². The van der Waals surface area contributed by atoms with Crippen molar-refractivity contribution in [3.8, 4) is 17.2 Å². The highest BCUT2D eigenvalue weighted by Gasteiger charge is 2.17. The molecule has 2 amide bonds. The van der Waals surface area contributed by atoms with Crippen LogP contribution in [-0.4, -0.2) is 36.1 Å². The van der Waals surface area contributed by atoms with E-state index in [4.69, 9.17) is 15.3 Å². The number of phenols is 1. The summed E-state index contributed by atoms with van der Waals surface area (Å²) in [5.74, 6) is 4.51. The molecular formula is C18H18N2O5. The Morgan fingerprint density at radius 1 is 1.08 bits per heavy atom. The number of methoxy groups -OCH3 is 2. The average molecular weight is 342 g/mol. The minimum Gasteiger partial charge on any atom is -0.502 e. The Morgan fingerprint density at radius 2 is 1.64 bits per heavy atom. The molecule has 0 saturated carbocycles. The smallest absolute Gasteiger partial charge is 0.275 e. The summed E-state index contributed by atoms with van der Waals surface area (Å²) in [5, 5.41) is 10.4. The number of carbonyl (C=O) groups is 2. The third-order valence-electron chi connectivity index (χ3n) is 3.40. The summed E-state index contributed by atoms with van der Waals surface area (Å²) in [6.45, 7) is 0. The number of hydrogen-bond acceptors (Lipinski definition) is 6. The summed E-state index contributed by atoms with van der Waals surface area (Å²) < 4.78 is 10.1. The van der Waals surface area contributed by atoms with Crippen molar-refractivity contribution in [2.24, 2.45) is 5.84 Å². The first-order chi connectivity index (χ1) is 12.0. The van der Waals surface area contributed by atoms with E-state index in [1.807, 2.05) is 0 Å². The molecule has 3 N–H and O–H groups in total. The van der Waals surface area contributed by atoms with Crippen LogP contribution in [0.25, 0.3) is 6.08 Å². The monoisotopic (exact) mass is 342 g/mol. The first-order valence-corrected chi connectivity index (χ1v) is 7.29. The summed E-state index contributed by atoms with van der Waals surface area (Å²) in [6.07, 6.45) is 2.58. The molecule has 0 spiro atoms. The Bertz CT molecular complexity index is 777. The van der Waals surface area contributed by atoms with Gasteiger partial charge in [-0.1, -0.05) is 18.2 Å². The van der Waals surface area contributed by atoms with Gasteiger partial charge in [0, 0.05) is 11.6 Å². The molecule has 25 heavy (non-hydrogen) atoms. The van der Waals surface area contributed by atoms with Gasteiger partial charge in [0.05, 0.1) is 14.2 Å². The SMILES string of the molecule is COc1cc(/C=C/C(=O)N(N)C(=O)c2ccccc2)cc(OC)c1O. The van der Waals surface area contributed by atoms with E-state index >= 15 is 0 Å². The molecule has 0 radical (unpaired) electrons. The van der Waals surface area contributed by atoms with Gasteiger partial charge in [0.25, 0.3) is 11.8 Å². The van der Waals surface area contributed by atoms with Crippen LogP contribution >= 0.6 is 0 Å². The van der Waals surface area contributed by atoms with E-state index in [0.717, 1.165) is 6.08 Å². The predicted octanol–water partition coefficient (Wildman–Crippen LogP) is 1.97. The van der Waals surface area contributed by atoms with Crippen molar-refractivity contribution in [2.75, 3.05) is 14.2 Å². The van der Waals surface area contributed by atoms with Gasteiger partial charge in [0.2, 0.25) is 5.75 Å². The van der Waals surface area contributed by atoms with Crippen LogP contribution in [0.5, 0.6) is 17.2 Å². The van der Waals surface area contributed by atoms with Crippen molar-refractivity contribution in [3.05, 3.63) is 59.7 Å². The molecule has 0 unspecified atom stereocenters. The largest absolute Gasteiger partial charge is 0.502 e. The lowest BCUT2D eigenvalue weighted by molar-refractivity contribution is -0.123. The standard InChI is InChI=1S/C18H18N2O5/c1-24-14-10-12(11-15(25-2)17(14)22)8-9-16(21)20(19)18(23)13-6-4-3-5-7-13/h3-11,22H,19H2,1-2H3/b9-8+. The molecule has 130 valence electrons. The Morgan fingerprint density at radius 3 is 2.16 bits per heavy atom. The Kier molecular flexibility index (Phi) is 5.75. The van der Waals surface area contributed by atoms with Crippen molar-refractivity contribution in [2.45, 2.75) is 0 Å². The summed E-state index contributed by atoms with van der Waals surface area (Å²) in [5.41, 5.74) is 0.833. The quantitative estimate of drug-likeness (QED) is 0.373. The molecule has 0 fully saturated rings. The van der Waals surface area contributed by atoms with Gasteiger partial charge in [-0.05, 0) is 35.9 Å². The lowest BCUT2D eigenvalue weighted by atomic mass is 10.1. The number of rotatable bonds is 5. The maximum absolute atomic E-state index is 12.1. The van der Waals surface area contributed by atoms with Crippen LogP contribution in [0.3, 0.4) is 0 Å². The molecule has 7 nitrogen and oxygen atoms in total. The molecule has 0 atom stereocenters. The van der Waals surface area contributed by atoms with Crippen LogP contribution in [0.4, 0.5) is 0 Å². The van der Waals surface area contributed by atoms with Gasteiger partial charge in [-0.3, -0.25) is 9.59 Å². The molecule has 0 saturated heterocycles. The minimum absolute atomic E-state index is 0.145. The van der Waals surface area contributed by atoms with E-state index in [1.54, 1.807) is 30.3 Å². The minimum atomic E-state index is -0.695. The first kappa shape index (κ1) is 18.0. The van der Waals surface area contributed by atoms with Gasteiger partial charge in [0.15, 0.2) is 11.5 Å². The van der Waals surface area contributed by atoms with E-state index in [-0.39, 0.29) is 17.2 Å². The van der Waals surface area contributed by atoms with Gasteiger partial charge in [0.1, 0.15) is 0 Å². The third kappa shape index (κ3) is 4.15. The third-order valence-corrected chi connectivity index (χ3v) is 3.40. The van der Waals surface area contributed by atoms with Crippen LogP contribution in [0, 0.1) is 0 Å². The molecule has 0 aliphatic heterocycles. The van der Waals surface area contributed by atoms with E-state index in [2.05, 4.69) is 0 Å². The fraction of sp³-hybridized carbons (Fsp3) is 0.111. The van der Waals surface area contributed by atoms with Crippen LogP contribution in [0.1, 0.15) is 15.9 Å². The Hall–Kier alpha value is -3.32. The number of imide groups is 1. The lowest BCUT2D eigenvalue weighted by Crippen LogP contribution is -2.41. The van der Waals surface area contributed by atoms with E-state index in [9.17, 15) is 14.7 Å². The summed E-state index contributed by atoms with van der Waals surface area (Å²) in [7, 11) is 2.79. The van der Waals surface area contributed by atoms with Crippen molar-refractivity contribution >= 4 is 17.9 Å². The molecule has 2 rings (SSSR count). The van der Waals surface area contributed by atoms with Gasteiger partial charge in [-0.15, -0.1) is 0 Å². The van der Waals surface area contributed by atoms with Crippen LogP contribution < -0.4 is 15.3 Å². The first-order valence-electron chi connectivity index (χ1n) is 7.29. The molecule has 0 aliphatic rings. The number of carbonyl (C=O) groups excluding carboxylic acids is 2. The van der Waals surface area contributed by atoms with Gasteiger partial charge >= 0.3 is 0 Å². The highest BCUT2D eigenvalue weighted by molar-refractivity contribution is 6.08. The maximum Gasteiger partial charge on any atom is 0.275 e. The van der Waals surface area contributed by atoms with Gasteiger partial charge < -0.3 is 14.6 Å². The van der Waals surface area contributed by atoms with E-state index in [1.165, 1.54) is 32.4 Å². The molecule has 2 aromatic carbocycles. The van der Waals surface area contributed by atoms with E-state index < -0.39 is 11.8 Å². The van der Waals surface area contributed by atoms with Gasteiger partial charge in [-0.25, -0.2) is 10.9 Å². The van der Waals surface area contributed by atoms with Crippen LogP contribution in [0.2, 0.25) is 0 Å². The summed E-state index contributed by atoms with van der Waals surface area (Å²) in [4.78, 5) is 24.2. The summed E-state index contributed by atoms with van der Waals surface area (Å²) in [6, 6.07) is 11.3. The zero-order valence-corrected chi connectivity index (χ0v) is 13.8. The number of nitrogens with two attached hydrogens (primary N) is 1. The normalized spacial score (nSPS) is 10.5. The second kappa shape index (κ2) is 7.98. The van der Waals surface area contributed by atoms with Gasteiger partial charge in [-0.2, -0.15) is 0 Å². The lowest BCUT2D eigenvalue weighted by Gasteiger charge is -2.12. The fourth-order valence-electron chi connectivity index (χ4n) is 2.08. The molecule has 0 bridgehead atoms. The number of phenolic OH excluding ortho intramolecular Hbond substituents is 1. The number of hydrogen-bond donors (Lipinski definition) is 2. The second-order valence-electron chi connectivity index (χ2n) is 4.99. The zero-order chi connectivity index (χ0) is 18.4. The number of amides is 2. The topological polar surface area (TPSA) is 102 Å². The maximum atomic E-state index is 12.1. The number of benzene rings is 2. The van der Waals surface area contributed by atoms with Crippen molar-refractivity contribution < 1.29 is 24.2 Å². The average Bonchev–Trinajstić information content (AvgIpc) is 2.66. The fourth-order valence-corrected chi connectivity index (χ4v) is 2.08. The van der Waals surface area contributed by atoms with Crippen molar-refractivity contribution in [1.82, 2.24) is 5.01 Å². The van der Waals surface area contributed by atoms with Crippen molar-refractivity contribution in [1.29, 1.82) is 0 Å². The highest BCUT2D eigenvalue weighted by atomic mass is 16.5. The molecule has 2 aromatic rings. The Balaban J connectivity index is 2.18. The number of aromatic hydroxyl groups is 1. The molecule has 7 heteroatoms. The highest BCUT2D eigenvalue weighted by Crippen LogP contribution is 2.37. The predicted molar refractivity (Wildman–Crippen MR) is 92.1 cm³/mol.